The Kier molecular flexibility index (Phi) is 3.81. The molecule has 2 aliphatic carbocycles. The SMILES string of the molecule is CC1=CC[C@@H]2C(O[Si](C)(C)C(C)(C)C)CC[C@@H]2C1. The Balaban J connectivity index is 2.04. The van der Waals surface area contributed by atoms with Crippen molar-refractivity contribution in [3.63, 3.8) is 0 Å². The zero-order chi connectivity index (χ0) is 13.6. The smallest absolute Gasteiger partial charge is 0.192 e. The maximum Gasteiger partial charge on any atom is 0.192 e. The van der Waals surface area contributed by atoms with E-state index >= 15 is 0 Å². The van der Waals surface area contributed by atoms with Gasteiger partial charge in [0.15, 0.2) is 8.32 Å². The lowest BCUT2D eigenvalue weighted by molar-refractivity contribution is 0.123. The van der Waals surface area contributed by atoms with E-state index < -0.39 is 8.32 Å². The largest absolute Gasteiger partial charge is 0.414 e. The second-order valence-electron chi connectivity index (χ2n) is 7.91. The molecule has 0 saturated heterocycles. The van der Waals surface area contributed by atoms with Crippen LogP contribution >= 0.6 is 0 Å². The van der Waals surface area contributed by atoms with E-state index in [1.165, 1.54) is 25.7 Å². The van der Waals surface area contributed by atoms with Gasteiger partial charge in [0, 0.05) is 6.10 Å². The molecule has 1 fully saturated rings. The van der Waals surface area contributed by atoms with Crippen LogP contribution in [0.4, 0.5) is 0 Å². The fraction of sp³-hybridized carbons (Fsp3) is 0.875. The van der Waals surface area contributed by atoms with Gasteiger partial charge in [-0.3, -0.25) is 0 Å². The van der Waals surface area contributed by atoms with Crippen molar-refractivity contribution in [2.24, 2.45) is 11.8 Å². The maximum absolute atomic E-state index is 6.68. The van der Waals surface area contributed by atoms with Crippen molar-refractivity contribution in [3.8, 4) is 0 Å². The zero-order valence-corrected chi connectivity index (χ0v) is 14.0. The number of rotatable bonds is 2. The van der Waals surface area contributed by atoms with E-state index in [2.05, 4.69) is 46.9 Å². The van der Waals surface area contributed by atoms with Crippen LogP contribution in [-0.2, 0) is 4.43 Å². The molecule has 0 N–H and O–H groups in total. The molecule has 0 radical (unpaired) electrons. The van der Waals surface area contributed by atoms with Crippen LogP contribution in [0.5, 0.6) is 0 Å². The molecule has 0 aromatic heterocycles. The normalized spacial score (nSPS) is 33.2. The van der Waals surface area contributed by atoms with Gasteiger partial charge in [-0.05, 0) is 62.6 Å². The van der Waals surface area contributed by atoms with Crippen LogP contribution < -0.4 is 0 Å². The van der Waals surface area contributed by atoms with Crippen LogP contribution in [0.3, 0.4) is 0 Å². The lowest BCUT2D eigenvalue weighted by Crippen LogP contribution is -2.45. The summed E-state index contributed by atoms with van der Waals surface area (Å²) in [5, 5.41) is 0.339. The van der Waals surface area contributed by atoms with Gasteiger partial charge in [-0.15, -0.1) is 0 Å². The van der Waals surface area contributed by atoms with Crippen LogP contribution in [0.25, 0.3) is 0 Å². The van der Waals surface area contributed by atoms with Crippen LogP contribution in [0, 0.1) is 11.8 Å². The fourth-order valence-electron chi connectivity index (χ4n) is 3.24. The summed E-state index contributed by atoms with van der Waals surface area (Å²) in [5.41, 5.74) is 1.60. The summed E-state index contributed by atoms with van der Waals surface area (Å²) in [6.45, 7) is 14.1. The van der Waals surface area contributed by atoms with E-state index in [1.807, 2.05) is 0 Å². The third-order valence-corrected chi connectivity index (χ3v) is 9.98. The van der Waals surface area contributed by atoms with E-state index in [1.54, 1.807) is 5.57 Å². The third kappa shape index (κ3) is 2.75. The lowest BCUT2D eigenvalue weighted by atomic mass is 9.82. The molecule has 0 aromatic rings. The van der Waals surface area contributed by atoms with E-state index in [0.717, 1.165) is 11.8 Å². The van der Waals surface area contributed by atoms with E-state index in [-0.39, 0.29) is 0 Å². The van der Waals surface area contributed by atoms with Crippen molar-refractivity contribution in [2.75, 3.05) is 0 Å². The molecule has 0 spiro atoms. The van der Waals surface area contributed by atoms with Crippen molar-refractivity contribution < 1.29 is 4.43 Å². The summed E-state index contributed by atoms with van der Waals surface area (Å²) >= 11 is 0. The Hall–Kier alpha value is -0.0831. The van der Waals surface area contributed by atoms with Crippen molar-refractivity contribution in [3.05, 3.63) is 11.6 Å². The highest BCUT2D eigenvalue weighted by molar-refractivity contribution is 6.74. The molecule has 104 valence electrons. The Morgan fingerprint density at radius 1 is 1.22 bits per heavy atom. The minimum Gasteiger partial charge on any atom is -0.414 e. The van der Waals surface area contributed by atoms with E-state index in [4.69, 9.17) is 4.43 Å². The van der Waals surface area contributed by atoms with Gasteiger partial charge in [0.2, 0.25) is 0 Å². The number of fused-ring (bicyclic) bond motifs is 1. The highest BCUT2D eigenvalue weighted by Crippen LogP contribution is 2.46. The predicted molar refractivity (Wildman–Crippen MR) is 81.3 cm³/mol. The molecular formula is C16H30OSi. The molecule has 3 atom stereocenters. The molecule has 0 amide bonds. The molecule has 1 unspecified atom stereocenters. The van der Waals surface area contributed by atoms with Gasteiger partial charge >= 0.3 is 0 Å². The topological polar surface area (TPSA) is 9.23 Å². The van der Waals surface area contributed by atoms with Crippen LogP contribution in [0.15, 0.2) is 11.6 Å². The summed E-state index contributed by atoms with van der Waals surface area (Å²) in [4.78, 5) is 0. The minimum atomic E-state index is -1.58. The lowest BCUT2D eigenvalue weighted by Gasteiger charge is -2.40. The summed E-state index contributed by atoms with van der Waals surface area (Å²) in [6, 6.07) is 0. The van der Waals surface area contributed by atoms with Crippen molar-refractivity contribution in [2.45, 2.75) is 77.6 Å². The van der Waals surface area contributed by atoms with E-state index in [0.29, 0.717) is 11.1 Å². The van der Waals surface area contributed by atoms with E-state index in [9.17, 15) is 0 Å². The molecule has 0 aliphatic heterocycles. The first-order chi connectivity index (χ1) is 8.21. The van der Waals surface area contributed by atoms with Gasteiger partial charge in [-0.1, -0.05) is 32.4 Å². The first kappa shape index (κ1) is 14.3. The first-order valence-electron chi connectivity index (χ1n) is 7.54. The van der Waals surface area contributed by atoms with Gasteiger partial charge in [-0.25, -0.2) is 0 Å². The quantitative estimate of drug-likeness (QED) is 0.496. The number of hydrogen-bond donors (Lipinski definition) is 0. The van der Waals surface area contributed by atoms with Crippen LogP contribution in [-0.4, -0.2) is 14.4 Å². The average Bonchev–Trinajstić information content (AvgIpc) is 2.58. The molecule has 0 bridgehead atoms. The van der Waals surface area contributed by atoms with Crippen LogP contribution in [0.2, 0.25) is 18.1 Å². The standard InChI is InChI=1S/C16H30OSi/c1-12-7-9-14-13(11-12)8-10-15(14)17-18(5,6)16(2,3)4/h7,13-15H,8-11H2,1-6H3/t13-,14+,15?/m1/s1. The molecule has 18 heavy (non-hydrogen) atoms. The monoisotopic (exact) mass is 266 g/mol. The van der Waals surface area contributed by atoms with Crippen molar-refractivity contribution >= 4 is 8.32 Å². The Labute approximate surface area is 114 Å². The summed E-state index contributed by atoms with van der Waals surface area (Å²) in [5.74, 6) is 1.72. The molecule has 2 rings (SSSR count). The Morgan fingerprint density at radius 3 is 2.50 bits per heavy atom. The maximum atomic E-state index is 6.68. The first-order valence-corrected chi connectivity index (χ1v) is 10.4. The zero-order valence-electron chi connectivity index (χ0n) is 13.0. The fourth-order valence-corrected chi connectivity index (χ4v) is 4.65. The molecular weight excluding hydrogens is 236 g/mol. The molecule has 1 saturated carbocycles. The number of allylic oxidation sites excluding steroid dienone is 2. The highest BCUT2D eigenvalue weighted by Gasteiger charge is 2.44. The van der Waals surface area contributed by atoms with Gasteiger partial charge in [0.25, 0.3) is 0 Å². The molecule has 2 aliphatic rings. The molecule has 0 aromatic carbocycles. The molecule has 1 nitrogen and oxygen atoms in total. The van der Waals surface area contributed by atoms with Gasteiger partial charge < -0.3 is 4.43 Å². The second kappa shape index (κ2) is 4.79. The Morgan fingerprint density at radius 2 is 1.89 bits per heavy atom. The average molecular weight is 267 g/mol. The summed E-state index contributed by atoms with van der Waals surface area (Å²) in [6.07, 6.45) is 8.25. The number of hydrogen-bond acceptors (Lipinski definition) is 1. The summed E-state index contributed by atoms with van der Waals surface area (Å²) < 4.78 is 6.68. The van der Waals surface area contributed by atoms with Crippen molar-refractivity contribution in [1.82, 2.24) is 0 Å². The van der Waals surface area contributed by atoms with Crippen molar-refractivity contribution in [1.29, 1.82) is 0 Å². The van der Waals surface area contributed by atoms with Gasteiger partial charge in [0.1, 0.15) is 0 Å². The second-order valence-corrected chi connectivity index (χ2v) is 12.7. The van der Waals surface area contributed by atoms with Gasteiger partial charge in [0.05, 0.1) is 0 Å². The Bertz CT molecular complexity index is 337. The minimum absolute atomic E-state index is 0.339. The molecule has 2 heteroatoms. The highest BCUT2D eigenvalue weighted by atomic mass is 28.4. The molecule has 0 heterocycles. The van der Waals surface area contributed by atoms with Gasteiger partial charge in [-0.2, -0.15) is 0 Å². The third-order valence-electron chi connectivity index (χ3n) is 5.48. The summed E-state index contributed by atoms with van der Waals surface area (Å²) in [7, 11) is -1.58. The van der Waals surface area contributed by atoms with Crippen LogP contribution in [0.1, 0.15) is 53.4 Å². The predicted octanol–water partition coefficient (Wildman–Crippen LogP) is 5.14.